The highest BCUT2D eigenvalue weighted by Crippen LogP contribution is 2.26. The van der Waals surface area contributed by atoms with Gasteiger partial charge in [-0.2, -0.15) is 0 Å². The molecule has 1 N–H and O–H groups in total. The predicted octanol–water partition coefficient (Wildman–Crippen LogP) is 1.49. The molecule has 0 bridgehead atoms. The van der Waals surface area contributed by atoms with Crippen LogP contribution in [-0.4, -0.2) is 23.4 Å². The average molecular weight is 156 g/mol. The van der Waals surface area contributed by atoms with Crippen LogP contribution in [0.25, 0.3) is 0 Å². The van der Waals surface area contributed by atoms with Gasteiger partial charge in [-0.05, 0) is 26.7 Å². The highest BCUT2D eigenvalue weighted by atomic mass is 16.5. The van der Waals surface area contributed by atoms with Crippen LogP contribution in [0.1, 0.15) is 26.7 Å². The van der Waals surface area contributed by atoms with E-state index in [0.29, 0.717) is 13.0 Å². The van der Waals surface area contributed by atoms with Gasteiger partial charge in [0.15, 0.2) is 0 Å². The van der Waals surface area contributed by atoms with Crippen molar-refractivity contribution in [1.82, 2.24) is 0 Å². The third-order valence-electron chi connectivity index (χ3n) is 1.87. The number of hydrogen-bond acceptors (Lipinski definition) is 2. The second-order valence-corrected chi connectivity index (χ2v) is 3.86. The number of ether oxygens (including phenoxy) is 1. The molecule has 0 aliphatic carbocycles. The van der Waals surface area contributed by atoms with Crippen molar-refractivity contribution in [2.24, 2.45) is 0 Å². The molecule has 1 saturated heterocycles. The number of hydrogen-bond donors (Lipinski definition) is 1. The van der Waals surface area contributed by atoms with Crippen LogP contribution in [0.15, 0.2) is 12.2 Å². The van der Waals surface area contributed by atoms with Crippen molar-refractivity contribution in [3.05, 3.63) is 12.2 Å². The molecule has 0 aromatic carbocycles. The Hall–Kier alpha value is -0.340. The van der Waals surface area contributed by atoms with Gasteiger partial charge in [-0.25, -0.2) is 0 Å². The minimum atomic E-state index is -0.357. The molecule has 64 valence electrons. The Labute approximate surface area is 67.9 Å². The van der Waals surface area contributed by atoms with E-state index in [1.54, 1.807) is 0 Å². The van der Waals surface area contributed by atoms with Crippen molar-refractivity contribution < 1.29 is 9.84 Å². The maximum atomic E-state index is 9.31. The van der Waals surface area contributed by atoms with E-state index in [4.69, 9.17) is 4.74 Å². The van der Waals surface area contributed by atoms with Gasteiger partial charge in [-0.15, -0.1) is 0 Å². The molecule has 11 heavy (non-hydrogen) atoms. The Balaban J connectivity index is 2.60. The van der Waals surface area contributed by atoms with Gasteiger partial charge in [-0.1, -0.05) is 12.2 Å². The Morgan fingerprint density at radius 2 is 2.27 bits per heavy atom. The number of aliphatic hydroxyl groups excluding tert-OH is 1. The molecule has 0 spiro atoms. The van der Waals surface area contributed by atoms with Crippen LogP contribution in [0, 0.1) is 0 Å². The Morgan fingerprint density at radius 1 is 1.64 bits per heavy atom. The normalized spacial score (nSPS) is 31.5. The van der Waals surface area contributed by atoms with Crippen molar-refractivity contribution in [1.29, 1.82) is 0 Å². The maximum Gasteiger partial charge on any atom is 0.0810 e. The summed E-state index contributed by atoms with van der Waals surface area (Å²) in [5.74, 6) is 0. The van der Waals surface area contributed by atoms with Gasteiger partial charge in [0.25, 0.3) is 0 Å². The zero-order valence-electron chi connectivity index (χ0n) is 7.26. The molecule has 2 heteroatoms. The molecule has 1 fully saturated rings. The monoisotopic (exact) mass is 156 g/mol. The summed E-state index contributed by atoms with van der Waals surface area (Å²) in [5.41, 5.74) is 0.939. The molecule has 1 aliphatic heterocycles. The smallest absolute Gasteiger partial charge is 0.0810 e. The molecular weight excluding hydrogens is 140 g/mol. The molecule has 0 unspecified atom stereocenters. The first-order chi connectivity index (χ1) is 4.99. The Kier molecular flexibility index (Phi) is 2.35. The first kappa shape index (κ1) is 8.75. The van der Waals surface area contributed by atoms with Crippen LogP contribution in [0.4, 0.5) is 0 Å². The van der Waals surface area contributed by atoms with Crippen LogP contribution in [0.2, 0.25) is 0 Å². The van der Waals surface area contributed by atoms with Gasteiger partial charge in [0.2, 0.25) is 0 Å². The van der Waals surface area contributed by atoms with Gasteiger partial charge in [0, 0.05) is 0 Å². The van der Waals surface area contributed by atoms with Gasteiger partial charge >= 0.3 is 0 Å². The summed E-state index contributed by atoms with van der Waals surface area (Å²) >= 11 is 0. The third kappa shape index (κ3) is 2.64. The second-order valence-electron chi connectivity index (χ2n) is 3.86. The second kappa shape index (κ2) is 2.95. The summed E-state index contributed by atoms with van der Waals surface area (Å²) in [6.45, 7) is 8.36. The molecule has 1 aliphatic rings. The van der Waals surface area contributed by atoms with E-state index in [1.807, 2.05) is 13.8 Å². The Morgan fingerprint density at radius 3 is 2.91 bits per heavy atom. The molecule has 0 amide bonds. The van der Waals surface area contributed by atoms with E-state index in [0.717, 1.165) is 12.0 Å². The first-order valence-electron chi connectivity index (χ1n) is 3.98. The van der Waals surface area contributed by atoms with Crippen molar-refractivity contribution >= 4 is 0 Å². The fourth-order valence-electron chi connectivity index (χ4n) is 1.44. The lowest BCUT2D eigenvalue weighted by molar-refractivity contribution is -0.0450. The number of aliphatic hydroxyl groups is 1. The zero-order chi connectivity index (χ0) is 8.48. The quantitative estimate of drug-likeness (QED) is 0.538. The van der Waals surface area contributed by atoms with Gasteiger partial charge < -0.3 is 9.84 Å². The zero-order valence-corrected chi connectivity index (χ0v) is 7.26. The summed E-state index contributed by atoms with van der Waals surface area (Å²) in [4.78, 5) is 0. The molecule has 0 aromatic heterocycles. The highest BCUT2D eigenvalue weighted by molar-refractivity contribution is 5.02. The van der Waals surface area contributed by atoms with Crippen molar-refractivity contribution in [2.45, 2.75) is 38.4 Å². The minimum Gasteiger partial charge on any atom is -0.390 e. The summed E-state index contributed by atoms with van der Waals surface area (Å²) in [6, 6.07) is 0. The summed E-state index contributed by atoms with van der Waals surface area (Å²) in [7, 11) is 0. The van der Waals surface area contributed by atoms with E-state index in [9.17, 15) is 5.11 Å². The molecule has 1 atom stereocenters. The third-order valence-corrected chi connectivity index (χ3v) is 1.87. The molecule has 1 rings (SSSR count). The molecule has 0 saturated carbocycles. The van der Waals surface area contributed by atoms with Gasteiger partial charge in [-0.3, -0.25) is 0 Å². The molecule has 0 aromatic rings. The molecule has 2 nitrogen and oxygen atoms in total. The molecule has 0 radical (unpaired) electrons. The fraction of sp³-hybridized carbons (Fsp3) is 0.778. The van der Waals surface area contributed by atoms with Crippen molar-refractivity contribution in [2.75, 3.05) is 6.61 Å². The fourth-order valence-corrected chi connectivity index (χ4v) is 1.44. The van der Waals surface area contributed by atoms with Crippen molar-refractivity contribution in [3.8, 4) is 0 Å². The lowest BCUT2D eigenvalue weighted by Gasteiger charge is -2.22. The van der Waals surface area contributed by atoms with E-state index in [2.05, 4.69) is 6.58 Å². The number of rotatable bonds is 0. The molecular formula is C9H16O2. The van der Waals surface area contributed by atoms with E-state index < -0.39 is 0 Å². The van der Waals surface area contributed by atoms with Gasteiger partial charge in [0.1, 0.15) is 0 Å². The van der Waals surface area contributed by atoms with Crippen LogP contribution < -0.4 is 0 Å². The van der Waals surface area contributed by atoms with Crippen LogP contribution >= 0.6 is 0 Å². The summed E-state index contributed by atoms with van der Waals surface area (Å²) in [6.07, 6.45) is 1.18. The SMILES string of the molecule is C=C1C[C@@H](O)COC(C)(C)C1. The maximum absolute atomic E-state index is 9.31. The first-order valence-corrected chi connectivity index (χ1v) is 3.98. The largest absolute Gasteiger partial charge is 0.390 e. The minimum absolute atomic E-state index is 0.144. The standard InChI is InChI=1S/C9H16O2/c1-7-4-8(10)6-11-9(2,3)5-7/h8,10H,1,4-6H2,2-3H3/t8-/m1/s1. The topological polar surface area (TPSA) is 29.5 Å². The van der Waals surface area contributed by atoms with Crippen LogP contribution in [0.5, 0.6) is 0 Å². The lowest BCUT2D eigenvalue weighted by atomic mass is 9.98. The predicted molar refractivity (Wildman–Crippen MR) is 44.4 cm³/mol. The highest BCUT2D eigenvalue weighted by Gasteiger charge is 2.25. The van der Waals surface area contributed by atoms with Crippen LogP contribution in [0.3, 0.4) is 0 Å². The summed E-state index contributed by atoms with van der Waals surface area (Å²) < 4.78 is 5.46. The van der Waals surface area contributed by atoms with E-state index in [1.165, 1.54) is 0 Å². The average Bonchev–Trinajstić information content (AvgIpc) is 1.90. The molecule has 1 heterocycles. The van der Waals surface area contributed by atoms with Crippen LogP contribution in [-0.2, 0) is 4.74 Å². The van der Waals surface area contributed by atoms with E-state index in [-0.39, 0.29) is 11.7 Å². The van der Waals surface area contributed by atoms with Gasteiger partial charge in [0.05, 0.1) is 18.3 Å². The van der Waals surface area contributed by atoms with Crippen molar-refractivity contribution in [3.63, 3.8) is 0 Å². The lowest BCUT2D eigenvalue weighted by Crippen LogP contribution is -2.25. The van der Waals surface area contributed by atoms with E-state index >= 15 is 0 Å². The Bertz CT molecular complexity index is 161. The summed E-state index contributed by atoms with van der Waals surface area (Å²) in [5, 5.41) is 9.31.